The van der Waals surface area contributed by atoms with Crippen molar-refractivity contribution < 1.29 is 19.1 Å². The van der Waals surface area contributed by atoms with Gasteiger partial charge in [-0.05, 0) is 42.2 Å². The summed E-state index contributed by atoms with van der Waals surface area (Å²) in [6.07, 6.45) is 1.37. The van der Waals surface area contributed by atoms with Crippen LogP contribution in [0, 0.1) is 5.41 Å². The van der Waals surface area contributed by atoms with Gasteiger partial charge in [-0.15, -0.1) is 0 Å². The number of esters is 2. The number of carbonyl (C=O) groups is 2. The maximum atomic E-state index is 13.3. The maximum Gasteiger partial charge on any atom is 0.323 e. The van der Waals surface area contributed by atoms with Gasteiger partial charge >= 0.3 is 11.9 Å². The van der Waals surface area contributed by atoms with Gasteiger partial charge < -0.3 is 9.47 Å². The lowest BCUT2D eigenvalue weighted by atomic mass is 9.77. The molecule has 4 heteroatoms. The summed E-state index contributed by atoms with van der Waals surface area (Å²) in [5, 5.41) is 0. The van der Waals surface area contributed by atoms with Crippen LogP contribution in [-0.4, -0.2) is 11.9 Å². The van der Waals surface area contributed by atoms with Crippen molar-refractivity contribution in [2.24, 2.45) is 5.41 Å². The molecule has 1 aliphatic heterocycles. The van der Waals surface area contributed by atoms with Crippen LogP contribution < -0.4 is 9.47 Å². The number of ether oxygens (including phenoxy) is 2. The molecule has 0 spiro atoms. The molecule has 4 nitrogen and oxygen atoms in total. The summed E-state index contributed by atoms with van der Waals surface area (Å²) in [4.78, 5) is 26.3. The number of benzene rings is 2. The third kappa shape index (κ3) is 4.71. The van der Waals surface area contributed by atoms with E-state index in [-0.39, 0.29) is 22.8 Å². The van der Waals surface area contributed by atoms with E-state index < -0.39 is 11.3 Å². The van der Waals surface area contributed by atoms with Crippen molar-refractivity contribution in [3.8, 4) is 11.5 Å². The highest BCUT2D eigenvalue weighted by Gasteiger charge is 2.41. The summed E-state index contributed by atoms with van der Waals surface area (Å²) in [5.41, 5.74) is 2.80. The molecule has 1 unspecified atom stereocenters. The lowest BCUT2D eigenvalue weighted by Gasteiger charge is -2.27. The molecule has 1 heterocycles. The summed E-state index contributed by atoms with van der Waals surface area (Å²) in [6, 6.07) is 11.6. The van der Waals surface area contributed by atoms with Crippen LogP contribution in [0.2, 0.25) is 0 Å². The van der Waals surface area contributed by atoms with Crippen LogP contribution in [0.3, 0.4) is 0 Å². The number of carbonyl (C=O) groups excluding carboxylic acids is 2. The molecule has 2 aromatic rings. The lowest BCUT2D eigenvalue weighted by molar-refractivity contribution is -0.145. The predicted octanol–water partition coefficient (Wildman–Crippen LogP) is 7.06. The number of hydrogen-bond donors (Lipinski definition) is 0. The standard InChI is InChI=1S/C29H38O4/c1-10-29(9,11-2)26(31)32-22-15-13-12-14-19(22)23-20-16-18(27(3,4)5)17-21(28(6,7)8)24(20)33-25(23)30/h12-17,23H,10-11H2,1-9H3. The quantitative estimate of drug-likeness (QED) is 0.361. The zero-order chi connectivity index (χ0) is 24.8. The van der Waals surface area contributed by atoms with Crippen molar-refractivity contribution in [1.29, 1.82) is 0 Å². The molecule has 0 amide bonds. The number of fused-ring (bicyclic) bond motifs is 1. The first-order valence-electron chi connectivity index (χ1n) is 11.9. The predicted molar refractivity (Wildman–Crippen MR) is 132 cm³/mol. The zero-order valence-electron chi connectivity index (χ0n) is 21.6. The second-order valence-corrected chi connectivity index (χ2v) is 11.5. The average molecular weight is 451 g/mol. The molecule has 0 aromatic heterocycles. The van der Waals surface area contributed by atoms with E-state index in [0.717, 1.165) is 16.7 Å². The summed E-state index contributed by atoms with van der Waals surface area (Å²) in [7, 11) is 0. The molecule has 3 rings (SSSR count). The number of rotatable bonds is 5. The maximum absolute atomic E-state index is 13.3. The van der Waals surface area contributed by atoms with Crippen LogP contribution in [0.1, 0.15) is 103 Å². The van der Waals surface area contributed by atoms with E-state index in [0.29, 0.717) is 29.9 Å². The van der Waals surface area contributed by atoms with Gasteiger partial charge in [-0.2, -0.15) is 0 Å². The average Bonchev–Trinajstić information content (AvgIpc) is 3.06. The Morgan fingerprint density at radius 2 is 1.52 bits per heavy atom. The molecule has 0 bridgehead atoms. The minimum Gasteiger partial charge on any atom is -0.426 e. The van der Waals surface area contributed by atoms with Crippen LogP contribution in [0.15, 0.2) is 36.4 Å². The minimum atomic E-state index is -0.637. The van der Waals surface area contributed by atoms with E-state index in [1.54, 1.807) is 6.07 Å². The molecule has 0 aliphatic carbocycles. The SMILES string of the molecule is CCC(C)(CC)C(=O)Oc1ccccc1C1C(=O)Oc2c1cc(C(C)(C)C)cc2C(C)(C)C. The Morgan fingerprint density at radius 1 is 0.909 bits per heavy atom. The second kappa shape index (κ2) is 8.62. The van der Waals surface area contributed by atoms with Crippen LogP contribution in [0.4, 0.5) is 0 Å². The molecule has 178 valence electrons. The molecular weight excluding hydrogens is 412 g/mol. The fourth-order valence-electron chi connectivity index (χ4n) is 4.12. The molecular formula is C29H38O4. The van der Waals surface area contributed by atoms with Gasteiger partial charge in [0.2, 0.25) is 0 Å². The summed E-state index contributed by atoms with van der Waals surface area (Å²) < 4.78 is 11.8. The van der Waals surface area contributed by atoms with Crippen molar-refractivity contribution in [2.45, 2.75) is 91.9 Å². The molecule has 2 aromatic carbocycles. The Morgan fingerprint density at radius 3 is 2.06 bits per heavy atom. The molecule has 1 atom stereocenters. The smallest absolute Gasteiger partial charge is 0.323 e. The van der Waals surface area contributed by atoms with Crippen LogP contribution in [0.5, 0.6) is 11.5 Å². The second-order valence-electron chi connectivity index (χ2n) is 11.5. The van der Waals surface area contributed by atoms with Crippen molar-refractivity contribution in [3.05, 3.63) is 58.7 Å². The first kappa shape index (κ1) is 25.0. The Bertz CT molecular complexity index is 1060. The first-order chi connectivity index (χ1) is 15.2. The van der Waals surface area contributed by atoms with Gasteiger partial charge in [0.25, 0.3) is 0 Å². The van der Waals surface area contributed by atoms with E-state index in [2.05, 4.69) is 53.7 Å². The molecule has 0 saturated carbocycles. The van der Waals surface area contributed by atoms with Gasteiger partial charge in [-0.1, -0.05) is 85.7 Å². The van der Waals surface area contributed by atoms with E-state index in [9.17, 15) is 9.59 Å². The summed E-state index contributed by atoms with van der Waals surface area (Å²) in [6.45, 7) is 18.8. The van der Waals surface area contributed by atoms with Crippen molar-refractivity contribution in [2.75, 3.05) is 0 Å². The molecule has 33 heavy (non-hydrogen) atoms. The van der Waals surface area contributed by atoms with E-state index >= 15 is 0 Å². The van der Waals surface area contributed by atoms with Crippen LogP contribution in [0.25, 0.3) is 0 Å². The molecule has 0 fully saturated rings. The number of hydrogen-bond acceptors (Lipinski definition) is 4. The molecule has 1 aliphatic rings. The monoisotopic (exact) mass is 450 g/mol. The van der Waals surface area contributed by atoms with Crippen LogP contribution in [-0.2, 0) is 20.4 Å². The lowest BCUT2D eigenvalue weighted by Crippen LogP contribution is -2.31. The number of para-hydroxylation sites is 1. The van der Waals surface area contributed by atoms with E-state index in [1.165, 1.54) is 0 Å². The highest BCUT2D eigenvalue weighted by Crippen LogP contribution is 2.48. The Kier molecular flexibility index (Phi) is 6.54. The summed E-state index contributed by atoms with van der Waals surface area (Å²) >= 11 is 0. The van der Waals surface area contributed by atoms with Gasteiger partial charge in [0.1, 0.15) is 17.4 Å². The van der Waals surface area contributed by atoms with Crippen LogP contribution >= 0.6 is 0 Å². The van der Waals surface area contributed by atoms with Gasteiger partial charge in [0.05, 0.1) is 5.41 Å². The van der Waals surface area contributed by atoms with Gasteiger partial charge in [-0.3, -0.25) is 9.59 Å². The zero-order valence-corrected chi connectivity index (χ0v) is 21.6. The largest absolute Gasteiger partial charge is 0.426 e. The minimum absolute atomic E-state index is 0.0960. The Labute approximate surface area is 198 Å². The van der Waals surface area contributed by atoms with E-state index in [4.69, 9.17) is 9.47 Å². The highest BCUT2D eigenvalue weighted by atomic mass is 16.5. The third-order valence-corrected chi connectivity index (χ3v) is 7.03. The molecule has 0 radical (unpaired) electrons. The highest BCUT2D eigenvalue weighted by molar-refractivity contribution is 5.91. The Hall–Kier alpha value is -2.62. The topological polar surface area (TPSA) is 52.6 Å². The van der Waals surface area contributed by atoms with Gasteiger partial charge in [0.15, 0.2) is 0 Å². The van der Waals surface area contributed by atoms with Crippen molar-refractivity contribution >= 4 is 11.9 Å². The molecule has 0 N–H and O–H groups in total. The first-order valence-corrected chi connectivity index (χ1v) is 11.9. The van der Waals surface area contributed by atoms with Crippen molar-refractivity contribution in [1.82, 2.24) is 0 Å². The van der Waals surface area contributed by atoms with Gasteiger partial charge in [0, 0.05) is 16.7 Å². The van der Waals surface area contributed by atoms with Crippen molar-refractivity contribution in [3.63, 3.8) is 0 Å². The van der Waals surface area contributed by atoms with Gasteiger partial charge in [-0.25, -0.2) is 0 Å². The Balaban J connectivity index is 2.17. The third-order valence-electron chi connectivity index (χ3n) is 7.03. The molecule has 0 saturated heterocycles. The van der Waals surface area contributed by atoms with E-state index in [1.807, 2.05) is 39.0 Å². The summed E-state index contributed by atoms with van der Waals surface area (Å²) in [5.74, 6) is -0.187. The normalized spacial score (nSPS) is 16.4. The fourth-order valence-corrected chi connectivity index (χ4v) is 4.12. The fraction of sp³-hybridized carbons (Fsp3) is 0.517.